The van der Waals surface area contributed by atoms with Crippen molar-refractivity contribution in [3.8, 4) is 22.8 Å². The molecule has 4 aromatic rings. The van der Waals surface area contributed by atoms with Crippen molar-refractivity contribution in [3.63, 3.8) is 0 Å². The lowest BCUT2D eigenvalue weighted by Crippen LogP contribution is -2.33. The van der Waals surface area contributed by atoms with Crippen LogP contribution >= 0.6 is 11.8 Å². The largest absolute Gasteiger partial charge is 0.415 e. The van der Waals surface area contributed by atoms with Gasteiger partial charge in [0.2, 0.25) is 5.16 Å². The smallest absolute Gasteiger partial charge is 0.410 e. The predicted molar refractivity (Wildman–Crippen MR) is 138 cm³/mol. The Bertz CT molecular complexity index is 1330. The van der Waals surface area contributed by atoms with Gasteiger partial charge in [0.1, 0.15) is 5.75 Å². The molecule has 1 aromatic heterocycles. The minimum Gasteiger partial charge on any atom is -0.410 e. The number of hydrogen-bond donors (Lipinski definition) is 1. The molecule has 0 radical (unpaired) electrons. The first-order chi connectivity index (χ1) is 17.0. The molecule has 9 heteroatoms. The number of nitrogens with zero attached hydrogens (tertiary/aromatic N) is 4. The minimum atomic E-state index is -0.387. The molecule has 35 heavy (non-hydrogen) atoms. The van der Waals surface area contributed by atoms with Crippen LogP contribution in [0.1, 0.15) is 20.8 Å². The number of hydrogen-bond acceptors (Lipinski definition) is 6. The Hall–Kier alpha value is -3.85. The Balaban J connectivity index is 1.75. The van der Waals surface area contributed by atoms with E-state index in [2.05, 4.69) is 15.5 Å². The summed E-state index contributed by atoms with van der Waals surface area (Å²) < 4.78 is 7.38. The molecule has 4 rings (SSSR count). The van der Waals surface area contributed by atoms with Crippen LogP contribution in [-0.2, 0) is 0 Å². The molecular formula is C26H27N5O3S. The SMILES string of the molecule is CCNC(=O)Sc1nnc(-c2ccc(OC(=O)N(CC)CC)cc2)n1-c1cccc2ccccc12. The molecule has 0 spiro atoms. The van der Waals surface area contributed by atoms with E-state index in [-0.39, 0.29) is 11.3 Å². The van der Waals surface area contributed by atoms with Crippen LogP contribution in [0.3, 0.4) is 0 Å². The molecule has 0 unspecified atom stereocenters. The van der Waals surface area contributed by atoms with Gasteiger partial charge in [-0.15, -0.1) is 10.2 Å². The number of thioether (sulfide) groups is 1. The quantitative estimate of drug-likeness (QED) is 0.333. The van der Waals surface area contributed by atoms with Crippen LogP contribution in [0.2, 0.25) is 0 Å². The summed E-state index contributed by atoms with van der Waals surface area (Å²) in [7, 11) is 0. The van der Waals surface area contributed by atoms with Gasteiger partial charge in [-0.3, -0.25) is 9.36 Å². The van der Waals surface area contributed by atoms with E-state index < -0.39 is 0 Å². The lowest BCUT2D eigenvalue weighted by atomic mass is 10.1. The molecular weight excluding hydrogens is 462 g/mol. The highest BCUT2D eigenvalue weighted by molar-refractivity contribution is 8.13. The van der Waals surface area contributed by atoms with Crippen molar-refractivity contribution in [3.05, 3.63) is 66.7 Å². The summed E-state index contributed by atoms with van der Waals surface area (Å²) in [5.74, 6) is 1.02. The normalized spacial score (nSPS) is 10.8. The van der Waals surface area contributed by atoms with E-state index in [1.165, 1.54) is 0 Å². The average Bonchev–Trinajstić information content (AvgIpc) is 3.28. The van der Waals surface area contributed by atoms with Crippen molar-refractivity contribution in [2.45, 2.75) is 25.9 Å². The Labute approximate surface area is 208 Å². The van der Waals surface area contributed by atoms with Crippen molar-refractivity contribution in [2.24, 2.45) is 0 Å². The van der Waals surface area contributed by atoms with E-state index in [9.17, 15) is 9.59 Å². The standard InChI is InChI=1S/C26H27N5O3S/c1-4-27-25(32)35-24-29-28-23(31(24)22-13-9-11-18-10-7-8-12-21(18)22)19-14-16-20(17-15-19)34-26(33)30(5-2)6-3/h7-17H,4-6H2,1-3H3,(H,27,32). The first-order valence-electron chi connectivity index (χ1n) is 11.5. The molecule has 0 atom stereocenters. The third-order valence-electron chi connectivity index (χ3n) is 5.49. The molecule has 2 amide bonds. The zero-order valence-corrected chi connectivity index (χ0v) is 20.7. The molecule has 0 aliphatic heterocycles. The number of nitrogens with one attached hydrogen (secondary N) is 1. The van der Waals surface area contributed by atoms with Crippen LogP contribution in [0.25, 0.3) is 27.8 Å². The van der Waals surface area contributed by atoms with Gasteiger partial charge >= 0.3 is 6.09 Å². The van der Waals surface area contributed by atoms with E-state index in [1.807, 2.05) is 79.9 Å². The Morgan fingerprint density at radius 3 is 2.37 bits per heavy atom. The highest BCUT2D eigenvalue weighted by Gasteiger charge is 2.20. The molecule has 0 aliphatic rings. The third-order valence-corrected chi connectivity index (χ3v) is 6.26. The van der Waals surface area contributed by atoms with Crippen molar-refractivity contribution in [2.75, 3.05) is 19.6 Å². The van der Waals surface area contributed by atoms with Crippen LogP contribution in [0, 0.1) is 0 Å². The second-order valence-corrected chi connectivity index (χ2v) is 8.56. The van der Waals surface area contributed by atoms with Gasteiger partial charge in [-0.2, -0.15) is 0 Å². The maximum absolute atomic E-state index is 12.4. The average molecular weight is 490 g/mol. The third kappa shape index (κ3) is 5.30. The zero-order chi connectivity index (χ0) is 24.8. The first-order valence-corrected chi connectivity index (χ1v) is 12.3. The molecule has 180 valence electrons. The fourth-order valence-corrected chi connectivity index (χ4v) is 4.47. The van der Waals surface area contributed by atoms with Crippen LogP contribution < -0.4 is 10.1 Å². The first kappa shape index (κ1) is 24.3. The summed E-state index contributed by atoms with van der Waals surface area (Å²) in [4.78, 5) is 26.3. The van der Waals surface area contributed by atoms with Gasteiger partial charge in [-0.05, 0) is 56.5 Å². The van der Waals surface area contributed by atoms with Gasteiger partial charge in [0, 0.05) is 42.3 Å². The van der Waals surface area contributed by atoms with Gasteiger partial charge in [-0.25, -0.2) is 4.79 Å². The fraction of sp³-hybridized carbons (Fsp3) is 0.231. The zero-order valence-electron chi connectivity index (χ0n) is 19.9. The number of benzene rings is 3. The van der Waals surface area contributed by atoms with Crippen LogP contribution in [0.4, 0.5) is 9.59 Å². The molecule has 1 N–H and O–H groups in total. The number of fused-ring (bicyclic) bond motifs is 1. The van der Waals surface area contributed by atoms with Crippen LogP contribution in [0.15, 0.2) is 71.9 Å². The van der Waals surface area contributed by atoms with E-state index in [0.29, 0.717) is 36.4 Å². The van der Waals surface area contributed by atoms with Gasteiger partial charge in [0.05, 0.1) is 5.69 Å². The molecule has 0 aliphatic carbocycles. The van der Waals surface area contributed by atoms with Crippen LogP contribution in [-0.4, -0.2) is 50.6 Å². The molecule has 0 fully saturated rings. The Morgan fingerprint density at radius 2 is 1.66 bits per heavy atom. The van der Waals surface area contributed by atoms with E-state index in [0.717, 1.165) is 33.8 Å². The number of carbonyl (C=O) groups excluding carboxylic acids is 2. The molecule has 1 heterocycles. The summed E-state index contributed by atoms with van der Waals surface area (Å²) in [6.07, 6.45) is -0.387. The van der Waals surface area contributed by atoms with E-state index in [4.69, 9.17) is 4.74 Å². The van der Waals surface area contributed by atoms with Crippen molar-refractivity contribution < 1.29 is 14.3 Å². The van der Waals surface area contributed by atoms with Gasteiger partial charge in [0.25, 0.3) is 5.24 Å². The second-order valence-electron chi connectivity index (χ2n) is 7.62. The maximum atomic E-state index is 12.4. The molecule has 0 saturated carbocycles. The van der Waals surface area contributed by atoms with Gasteiger partial charge in [-0.1, -0.05) is 36.4 Å². The van der Waals surface area contributed by atoms with Crippen molar-refractivity contribution in [1.82, 2.24) is 25.0 Å². The van der Waals surface area contributed by atoms with Crippen molar-refractivity contribution >= 4 is 33.9 Å². The lowest BCUT2D eigenvalue weighted by Gasteiger charge is -2.18. The predicted octanol–water partition coefficient (Wildman–Crippen LogP) is 5.75. The molecule has 0 saturated heterocycles. The number of rotatable bonds is 7. The molecule has 3 aromatic carbocycles. The summed E-state index contributed by atoms with van der Waals surface area (Å²) in [6.45, 7) is 7.36. The number of carbonyl (C=O) groups is 2. The molecule has 8 nitrogen and oxygen atoms in total. The lowest BCUT2D eigenvalue weighted by molar-refractivity contribution is 0.157. The number of ether oxygens (including phenoxy) is 1. The summed E-state index contributed by atoms with van der Waals surface area (Å²) in [6, 6.07) is 21.2. The Kier molecular flexibility index (Phi) is 7.67. The monoisotopic (exact) mass is 489 g/mol. The second kappa shape index (κ2) is 11.1. The number of aromatic nitrogens is 3. The van der Waals surface area contributed by atoms with E-state index in [1.54, 1.807) is 17.0 Å². The topological polar surface area (TPSA) is 89.3 Å². The molecule has 0 bridgehead atoms. The van der Waals surface area contributed by atoms with Crippen molar-refractivity contribution in [1.29, 1.82) is 0 Å². The van der Waals surface area contributed by atoms with E-state index >= 15 is 0 Å². The Morgan fingerprint density at radius 1 is 0.943 bits per heavy atom. The summed E-state index contributed by atoms with van der Waals surface area (Å²) in [5.41, 5.74) is 1.64. The summed E-state index contributed by atoms with van der Waals surface area (Å²) >= 11 is 0.998. The fourth-order valence-electron chi connectivity index (χ4n) is 3.73. The minimum absolute atomic E-state index is 0.202. The highest BCUT2D eigenvalue weighted by Crippen LogP contribution is 2.32. The van der Waals surface area contributed by atoms with Crippen LogP contribution in [0.5, 0.6) is 5.75 Å². The summed E-state index contributed by atoms with van der Waals surface area (Å²) in [5, 5.41) is 13.9. The number of amides is 2. The highest BCUT2D eigenvalue weighted by atomic mass is 32.2. The van der Waals surface area contributed by atoms with Gasteiger partial charge in [0.15, 0.2) is 5.82 Å². The maximum Gasteiger partial charge on any atom is 0.415 e. The van der Waals surface area contributed by atoms with Gasteiger partial charge < -0.3 is 15.0 Å².